The van der Waals surface area contributed by atoms with Crippen molar-refractivity contribution in [3.05, 3.63) is 72.9 Å². The molecule has 4 N–H and O–H groups in total. The molecule has 1 aliphatic heterocycles. The maximum absolute atomic E-state index is 12.9. The number of allylic oxidation sites excluding steroid dienone is 12. The van der Waals surface area contributed by atoms with Crippen LogP contribution in [0.3, 0.4) is 0 Å². The molecule has 9 heteroatoms. The normalized spacial score (nSPS) is 19.6. The van der Waals surface area contributed by atoms with Gasteiger partial charge >= 0.3 is 5.97 Å². The van der Waals surface area contributed by atoms with Gasteiger partial charge in [-0.05, 0) is 83.5 Å². The van der Waals surface area contributed by atoms with Crippen molar-refractivity contribution in [2.75, 3.05) is 26.4 Å². The van der Waals surface area contributed by atoms with E-state index in [2.05, 4.69) is 86.8 Å². The monoisotopic (exact) mass is 957 g/mol. The topological polar surface area (TPSA) is 135 Å². The highest BCUT2D eigenvalue weighted by Crippen LogP contribution is 2.23. The van der Waals surface area contributed by atoms with Crippen molar-refractivity contribution in [1.29, 1.82) is 0 Å². The molecule has 0 bridgehead atoms. The van der Waals surface area contributed by atoms with Gasteiger partial charge in [-0.3, -0.25) is 4.79 Å². The Morgan fingerprint density at radius 1 is 0.485 bits per heavy atom. The maximum atomic E-state index is 12.9. The highest BCUT2D eigenvalue weighted by molar-refractivity contribution is 5.69. The zero-order valence-electron chi connectivity index (χ0n) is 43.6. The Balaban J connectivity index is 2.18. The molecule has 0 aromatic rings. The molecule has 0 aromatic heterocycles. The summed E-state index contributed by atoms with van der Waals surface area (Å²) in [4.78, 5) is 12.9. The predicted molar refractivity (Wildman–Crippen MR) is 284 cm³/mol. The first-order chi connectivity index (χ1) is 33.4. The van der Waals surface area contributed by atoms with E-state index in [0.29, 0.717) is 13.0 Å². The van der Waals surface area contributed by atoms with Crippen LogP contribution in [0.4, 0.5) is 0 Å². The highest BCUT2D eigenvalue weighted by Gasteiger charge is 2.44. The number of aliphatic hydroxyl groups is 4. The number of hydrogen-bond acceptors (Lipinski definition) is 9. The van der Waals surface area contributed by atoms with Crippen LogP contribution in [0, 0.1) is 0 Å². The molecule has 0 aliphatic carbocycles. The summed E-state index contributed by atoms with van der Waals surface area (Å²) in [6.07, 6.45) is 59.4. The Kier molecular flexibility index (Phi) is 46.4. The zero-order valence-corrected chi connectivity index (χ0v) is 43.6. The molecule has 1 fully saturated rings. The molecule has 0 spiro atoms. The Hall–Kier alpha value is -2.37. The van der Waals surface area contributed by atoms with Gasteiger partial charge in [-0.2, -0.15) is 0 Å². The number of aliphatic hydroxyl groups excluding tert-OH is 4. The van der Waals surface area contributed by atoms with Crippen LogP contribution >= 0.6 is 0 Å². The SMILES string of the molecule is CC/C=C\C/C=C\C/C=C\C/C=C\CCCCCCCCCCCCC(=O)OC(COCCCCCCCCCCCC/C=C\C/C=C\CCCCCCC)COC1OC(CO)C(O)C(O)C1O. The van der Waals surface area contributed by atoms with Crippen LogP contribution < -0.4 is 0 Å². The van der Waals surface area contributed by atoms with E-state index in [1.165, 1.54) is 141 Å². The lowest BCUT2D eigenvalue weighted by Gasteiger charge is -2.39. The molecule has 0 saturated carbocycles. The van der Waals surface area contributed by atoms with Crippen LogP contribution in [0.25, 0.3) is 0 Å². The van der Waals surface area contributed by atoms with E-state index in [0.717, 1.165) is 70.6 Å². The predicted octanol–water partition coefficient (Wildman–Crippen LogP) is 14.4. The van der Waals surface area contributed by atoms with Gasteiger partial charge < -0.3 is 39.4 Å². The fraction of sp³-hybridized carbons (Fsp3) is 0.780. The quantitative estimate of drug-likeness (QED) is 0.0267. The third kappa shape index (κ3) is 39.4. The fourth-order valence-electron chi connectivity index (χ4n) is 8.28. The molecule has 0 amide bonds. The number of ether oxygens (including phenoxy) is 4. The number of carbonyl (C=O) groups is 1. The van der Waals surface area contributed by atoms with E-state index in [9.17, 15) is 25.2 Å². The van der Waals surface area contributed by atoms with Gasteiger partial charge in [0.2, 0.25) is 0 Å². The molecule has 9 nitrogen and oxygen atoms in total. The van der Waals surface area contributed by atoms with E-state index in [1.54, 1.807) is 0 Å². The van der Waals surface area contributed by atoms with Gasteiger partial charge in [-0.1, -0.05) is 215 Å². The van der Waals surface area contributed by atoms with Crippen molar-refractivity contribution in [3.63, 3.8) is 0 Å². The minimum atomic E-state index is -1.54. The van der Waals surface area contributed by atoms with Crippen molar-refractivity contribution >= 4 is 5.97 Å². The molecule has 6 atom stereocenters. The van der Waals surface area contributed by atoms with Gasteiger partial charge in [0.25, 0.3) is 0 Å². The highest BCUT2D eigenvalue weighted by atomic mass is 16.7. The molecule has 0 aromatic carbocycles. The van der Waals surface area contributed by atoms with Crippen LogP contribution in [-0.4, -0.2) is 89.6 Å². The lowest BCUT2D eigenvalue weighted by molar-refractivity contribution is -0.305. The molecule has 1 rings (SSSR count). The summed E-state index contributed by atoms with van der Waals surface area (Å²) in [6.45, 7) is 4.44. The summed E-state index contributed by atoms with van der Waals surface area (Å²) in [5, 5.41) is 40.3. The summed E-state index contributed by atoms with van der Waals surface area (Å²) in [6, 6.07) is 0. The number of unbranched alkanes of at least 4 members (excludes halogenated alkanes) is 25. The molecule has 1 aliphatic rings. The molecular weight excluding hydrogens is 853 g/mol. The van der Waals surface area contributed by atoms with E-state index in [4.69, 9.17) is 18.9 Å². The average molecular weight is 957 g/mol. The fourth-order valence-corrected chi connectivity index (χ4v) is 8.28. The second kappa shape index (κ2) is 49.6. The van der Waals surface area contributed by atoms with Gasteiger partial charge in [0.15, 0.2) is 6.29 Å². The summed E-state index contributed by atoms with van der Waals surface area (Å²) >= 11 is 0. The standard InChI is InChI=1S/C59H104O9/c1-3-5-7-9-11-13-15-17-19-21-23-25-27-28-30-32-34-36-38-40-42-44-46-48-55(61)67-53(52-66-59-58(64)57(63)56(62)54(50-60)68-59)51-65-49-47-45-43-41-39-37-35-33-31-29-26-24-22-20-18-16-14-12-10-8-6-4-2/h5,7,11,13,16-19,22-25,53-54,56-60,62-64H,3-4,6,8-10,12,14-15,20-21,26-52H2,1-2H3/b7-5-,13-11-,18-16-,19-17-,24-22-,25-23-. The molecule has 1 heterocycles. The van der Waals surface area contributed by atoms with Crippen LogP contribution in [-0.2, 0) is 23.7 Å². The lowest BCUT2D eigenvalue weighted by Crippen LogP contribution is -2.59. The number of carbonyl (C=O) groups excluding carboxylic acids is 1. The molecule has 1 saturated heterocycles. The smallest absolute Gasteiger partial charge is 0.306 e. The summed E-state index contributed by atoms with van der Waals surface area (Å²) in [7, 11) is 0. The molecule has 394 valence electrons. The average Bonchev–Trinajstić information content (AvgIpc) is 3.34. The third-order valence-corrected chi connectivity index (χ3v) is 12.6. The first-order valence-corrected chi connectivity index (χ1v) is 28.0. The first-order valence-electron chi connectivity index (χ1n) is 28.0. The van der Waals surface area contributed by atoms with Gasteiger partial charge in [-0.25, -0.2) is 0 Å². The van der Waals surface area contributed by atoms with Crippen LogP contribution in [0.15, 0.2) is 72.9 Å². The third-order valence-electron chi connectivity index (χ3n) is 12.6. The molecule has 0 radical (unpaired) electrons. The van der Waals surface area contributed by atoms with E-state index < -0.39 is 43.4 Å². The number of esters is 1. The summed E-state index contributed by atoms with van der Waals surface area (Å²) in [5.41, 5.74) is 0. The van der Waals surface area contributed by atoms with Crippen LogP contribution in [0.5, 0.6) is 0 Å². The molecule has 68 heavy (non-hydrogen) atoms. The van der Waals surface area contributed by atoms with Gasteiger partial charge in [-0.15, -0.1) is 0 Å². The van der Waals surface area contributed by atoms with Crippen molar-refractivity contribution in [2.45, 2.75) is 269 Å². The number of rotatable bonds is 48. The van der Waals surface area contributed by atoms with Crippen molar-refractivity contribution < 1.29 is 44.2 Å². The van der Waals surface area contributed by atoms with Crippen molar-refractivity contribution in [3.8, 4) is 0 Å². The van der Waals surface area contributed by atoms with E-state index in [-0.39, 0.29) is 19.2 Å². The lowest BCUT2D eigenvalue weighted by atomic mass is 9.99. The second-order valence-electron chi connectivity index (χ2n) is 19.0. The van der Waals surface area contributed by atoms with Gasteiger partial charge in [0, 0.05) is 13.0 Å². The van der Waals surface area contributed by atoms with Crippen LogP contribution in [0.2, 0.25) is 0 Å². The first kappa shape index (κ1) is 63.6. The largest absolute Gasteiger partial charge is 0.457 e. The zero-order chi connectivity index (χ0) is 49.2. The maximum Gasteiger partial charge on any atom is 0.306 e. The Bertz CT molecular complexity index is 1270. The second-order valence-corrected chi connectivity index (χ2v) is 19.0. The molecular formula is C59H104O9. The Morgan fingerprint density at radius 3 is 1.35 bits per heavy atom. The van der Waals surface area contributed by atoms with Crippen molar-refractivity contribution in [1.82, 2.24) is 0 Å². The van der Waals surface area contributed by atoms with Crippen LogP contribution in [0.1, 0.15) is 232 Å². The minimum Gasteiger partial charge on any atom is -0.457 e. The summed E-state index contributed by atoms with van der Waals surface area (Å²) < 4.78 is 23.0. The summed E-state index contributed by atoms with van der Waals surface area (Å²) in [5.74, 6) is -0.319. The van der Waals surface area contributed by atoms with E-state index in [1.807, 2.05) is 0 Å². The van der Waals surface area contributed by atoms with Gasteiger partial charge in [0.1, 0.15) is 30.5 Å². The van der Waals surface area contributed by atoms with E-state index >= 15 is 0 Å². The van der Waals surface area contributed by atoms with Crippen molar-refractivity contribution in [2.24, 2.45) is 0 Å². The number of hydrogen-bond donors (Lipinski definition) is 4. The minimum absolute atomic E-state index is 0.119. The Morgan fingerprint density at radius 2 is 0.897 bits per heavy atom. The molecule has 6 unspecified atom stereocenters. The Labute approximate surface area is 417 Å². The van der Waals surface area contributed by atoms with Gasteiger partial charge in [0.05, 0.1) is 19.8 Å².